The van der Waals surface area contributed by atoms with Gasteiger partial charge in [0.15, 0.2) is 0 Å². The minimum absolute atomic E-state index is 0.118. The Bertz CT molecular complexity index is 1070. The molecule has 178 valence electrons. The highest BCUT2D eigenvalue weighted by molar-refractivity contribution is 6.04. The van der Waals surface area contributed by atoms with Gasteiger partial charge in [0.2, 0.25) is 5.95 Å². The summed E-state index contributed by atoms with van der Waals surface area (Å²) in [5, 5.41) is 20.0. The maximum atomic E-state index is 12.2. The van der Waals surface area contributed by atoms with E-state index in [1.54, 1.807) is 0 Å². The molecule has 9 heteroatoms. The van der Waals surface area contributed by atoms with Gasteiger partial charge in [-0.3, -0.25) is 4.79 Å². The van der Waals surface area contributed by atoms with Crippen LogP contribution in [0.2, 0.25) is 0 Å². The van der Waals surface area contributed by atoms with E-state index in [0.29, 0.717) is 24.1 Å². The molecule has 0 aliphatic carbocycles. The summed E-state index contributed by atoms with van der Waals surface area (Å²) in [6, 6.07) is 10.6. The van der Waals surface area contributed by atoms with Crippen LogP contribution in [0.3, 0.4) is 0 Å². The fraction of sp³-hybridized carbons (Fsp3) is 0.480. The molecule has 34 heavy (non-hydrogen) atoms. The molecule has 0 radical (unpaired) electrons. The van der Waals surface area contributed by atoms with Crippen molar-refractivity contribution in [3.63, 3.8) is 0 Å². The van der Waals surface area contributed by atoms with Gasteiger partial charge in [0.25, 0.3) is 5.91 Å². The first kappa shape index (κ1) is 23.5. The lowest BCUT2D eigenvalue weighted by molar-refractivity contribution is 0.100. The third-order valence-corrected chi connectivity index (χ3v) is 6.86. The number of nitriles is 1. The average Bonchev–Trinajstić information content (AvgIpc) is 2.85. The highest BCUT2D eigenvalue weighted by Gasteiger charge is 2.25. The van der Waals surface area contributed by atoms with E-state index in [4.69, 9.17) is 16.4 Å². The third kappa shape index (κ3) is 5.11. The number of anilines is 4. The summed E-state index contributed by atoms with van der Waals surface area (Å²) >= 11 is 0. The van der Waals surface area contributed by atoms with Gasteiger partial charge in [0.1, 0.15) is 17.1 Å². The van der Waals surface area contributed by atoms with Gasteiger partial charge < -0.3 is 26.3 Å². The summed E-state index contributed by atoms with van der Waals surface area (Å²) in [7, 11) is 0. The Hall–Kier alpha value is -3.67. The molecule has 4 N–H and O–H groups in total. The number of nitrogens with one attached hydrogen (secondary N) is 2. The fourth-order valence-electron chi connectivity index (χ4n) is 4.84. The molecule has 1 unspecified atom stereocenters. The van der Waals surface area contributed by atoms with Gasteiger partial charge in [-0.05, 0) is 69.2 Å². The minimum atomic E-state index is -0.670. The van der Waals surface area contributed by atoms with Crippen molar-refractivity contribution in [1.29, 1.82) is 10.7 Å². The maximum Gasteiger partial charge on any atom is 0.254 e. The Morgan fingerprint density at radius 3 is 2.56 bits per heavy atom. The summed E-state index contributed by atoms with van der Waals surface area (Å²) in [5.41, 5.74) is 7.89. The molecule has 0 bridgehead atoms. The quantitative estimate of drug-likeness (QED) is 0.534. The first-order valence-electron chi connectivity index (χ1n) is 12.0. The van der Waals surface area contributed by atoms with Crippen LogP contribution in [0.25, 0.3) is 0 Å². The van der Waals surface area contributed by atoms with Crippen LogP contribution in [0, 0.1) is 22.7 Å². The highest BCUT2D eigenvalue weighted by atomic mass is 16.1. The molecule has 4 rings (SSSR count). The van der Waals surface area contributed by atoms with E-state index in [-0.39, 0.29) is 17.3 Å². The van der Waals surface area contributed by atoms with Crippen molar-refractivity contribution in [3.8, 4) is 6.07 Å². The molecule has 2 aromatic rings. The molecule has 1 amide bonds. The number of nitrogens with zero attached hydrogens (tertiary/aromatic N) is 5. The average molecular weight is 461 g/mol. The van der Waals surface area contributed by atoms with Crippen LogP contribution in [0.1, 0.15) is 61.5 Å². The van der Waals surface area contributed by atoms with Gasteiger partial charge in [0.05, 0.1) is 6.07 Å². The van der Waals surface area contributed by atoms with Crippen LogP contribution in [0.4, 0.5) is 23.1 Å². The molecule has 1 aromatic heterocycles. The summed E-state index contributed by atoms with van der Waals surface area (Å²) in [5.74, 6) is 0.650. The van der Waals surface area contributed by atoms with Crippen molar-refractivity contribution < 1.29 is 4.79 Å². The number of benzene rings is 1. The zero-order chi connectivity index (χ0) is 24.1. The molecular weight excluding hydrogens is 428 g/mol. The van der Waals surface area contributed by atoms with Gasteiger partial charge in [-0.15, -0.1) is 0 Å². The van der Waals surface area contributed by atoms with Crippen LogP contribution in [-0.4, -0.2) is 47.8 Å². The largest absolute Gasteiger partial charge is 0.372 e. The van der Waals surface area contributed by atoms with Gasteiger partial charge in [0, 0.05) is 49.7 Å². The van der Waals surface area contributed by atoms with E-state index in [1.807, 2.05) is 24.3 Å². The molecular formula is C25H32N8O. The Morgan fingerprint density at radius 1 is 1.21 bits per heavy atom. The Labute approximate surface area is 200 Å². The van der Waals surface area contributed by atoms with Gasteiger partial charge >= 0.3 is 0 Å². The van der Waals surface area contributed by atoms with Crippen LogP contribution >= 0.6 is 0 Å². The van der Waals surface area contributed by atoms with Crippen molar-refractivity contribution in [1.82, 2.24) is 9.97 Å². The van der Waals surface area contributed by atoms with Crippen molar-refractivity contribution in [2.45, 2.75) is 51.5 Å². The molecule has 9 nitrogen and oxygen atoms in total. The second-order valence-electron chi connectivity index (χ2n) is 9.14. The first-order chi connectivity index (χ1) is 16.5. The summed E-state index contributed by atoms with van der Waals surface area (Å²) in [6.45, 7) is 4.87. The van der Waals surface area contributed by atoms with Crippen LogP contribution in [-0.2, 0) is 0 Å². The molecule has 0 saturated carbocycles. The van der Waals surface area contributed by atoms with Gasteiger partial charge in [-0.25, -0.2) is 4.98 Å². The van der Waals surface area contributed by atoms with E-state index >= 15 is 0 Å². The summed E-state index contributed by atoms with van der Waals surface area (Å²) in [4.78, 5) is 25.9. The lowest BCUT2D eigenvalue weighted by atomic mass is 9.94. The number of aromatic nitrogens is 2. The second-order valence-corrected chi connectivity index (χ2v) is 9.14. The first-order valence-corrected chi connectivity index (χ1v) is 12.0. The molecule has 1 atom stereocenters. The Kier molecular flexibility index (Phi) is 7.26. The number of carbonyl (C=O) groups excluding carboxylic acids is 1. The molecule has 2 aliphatic rings. The Balaban J connectivity index is 1.56. The van der Waals surface area contributed by atoms with E-state index in [0.717, 1.165) is 62.9 Å². The summed E-state index contributed by atoms with van der Waals surface area (Å²) < 4.78 is 0. The van der Waals surface area contributed by atoms with E-state index in [2.05, 4.69) is 38.1 Å². The molecule has 2 saturated heterocycles. The fourth-order valence-corrected chi connectivity index (χ4v) is 4.84. The standard InChI is InChI=1S/C25H32N8O/c1-17-4-2-3-13-33(17)25-30-21(16-27)22(23(28)34)24(31-25)29-19-5-7-20(8-6-19)32-14-10-18(9-12-26)11-15-32/h5-8,16-18,27H,2-4,9-11,13-15H2,1H3,(H2,28,34)(H,29,30,31). The number of primary amides is 1. The number of amides is 1. The number of hydrogen-bond donors (Lipinski definition) is 3. The normalized spacial score (nSPS) is 18.9. The SMILES string of the molecule is CC1CCCCN1c1nc(C=N)c(C(N)=O)c(Nc2ccc(N3CCC(CC#N)CC3)cc2)n1. The highest BCUT2D eigenvalue weighted by Crippen LogP contribution is 2.29. The summed E-state index contributed by atoms with van der Waals surface area (Å²) in [6.07, 6.45) is 7.03. The predicted octanol–water partition coefficient (Wildman–Crippen LogP) is 3.83. The van der Waals surface area contributed by atoms with Crippen LogP contribution in [0.15, 0.2) is 24.3 Å². The van der Waals surface area contributed by atoms with Gasteiger partial charge in [-0.2, -0.15) is 10.2 Å². The predicted molar refractivity (Wildman–Crippen MR) is 134 cm³/mol. The number of carbonyl (C=O) groups is 1. The molecule has 2 aliphatic heterocycles. The third-order valence-electron chi connectivity index (χ3n) is 6.86. The van der Waals surface area contributed by atoms with Crippen molar-refractivity contribution in [2.75, 3.05) is 34.8 Å². The monoisotopic (exact) mass is 460 g/mol. The number of hydrogen-bond acceptors (Lipinski definition) is 8. The second kappa shape index (κ2) is 10.5. The van der Waals surface area contributed by atoms with E-state index in [9.17, 15) is 4.79 Å². The van der Waals surface area contributed by atoms with Crippen molar-refractivity contribution in [2.24, 2.45) is 11.7 Å². The van der Waals surface area contributed by atoms with Gasteiger partial charge in [-0.1, -0.05) is 0 Å². The van der Waals surface area contributed by atoms with Crippen molar-refractivity contribution >= 4 is 35.3 Å². The molecule has 1 aromatic carbocycles. The Morgan fingerprint density at radius 2 is 1.94 bits per heavy atom. The topological polar surface area (TPSA) is 135 Å². The van der Waals surface area contributed by atoms with E-state index in [1.165, 1.54) is 6.42 Å². The molecule has 3 heterocycles. The maximum absolute atomic E-state index is 12.2. The molecule has 2 fully saturated rings. The smallest absolute Gasteiger partial charge is 0.254 e. The minimum Gasteiger partial charge on any atom is -0.372 e. The lowest BCUT2D eigenvalue weighted by Crippen LogP contribution is -2.39. The zero-order valence-electron chi connectivity index (χ0n) is 19.6. The van der Waals surface area contributed by atoms with Crippen LogP contribution < -0.4 is 20.9 Å². The van der Waals surface area contributed by atoms with Crippen molar-refractivity contribution in [3.05, 3.63) is 35.5 Å². The van der Waals surface area contributed by atoms with E-state index < -0.39 is 5.91 Å². The zero-order valence-corrected chi connectivity index (χ0v) is 19.6. The van der Waals surface area contributed by atoms with Crippen LogP contribution in [0.5, 0.6) is 0 Å². The molecule has 0 spiro atoms. The number of piperidine rings is 2. The number of nitrogens with two attached hydrogens (primary N) is 1. The lowest BCUT2D eigenvalue weighted by Gasteiger charge is -2.34. The number of rotatable bonds is 7.